The average Bonchev–Trinajstić information content (AvgIpc) is 2.65. The lowest BCUT2D eigenvalue weighted by molar-refractivity contribution is 0.502. The monoisotopic (exact) mass is 211 g/mol. The molecule has 0 saturated heterocycles. The van der Waals surface area contributed by atoms with Crippen molar-refractivity contribution in [2.75, 3.05) is 6.54 Å². The molecular formula is C12H21NS. The van der Waals surface area contributed by atoms with E-state index in [-0.39, 0.29) is 0 Å². The largest absolute Gasteiger partial charge is 0.315 e. The lowest BCUT2D eigenvalue weighted by atomic mass is 10.1. The van der Waals surface area contributed by atoms with Crippen LogP contribution in [0.1, 0.15) is 38.7 Å². The molecule has 1 aromatic heterocycles. The van der Waals surface area contributed by atoms with Crippen molar-refractivity contribution >= 4 is 11.3 Å². The second kappa shape index (κ2) is 7.02. The van der Waals surface area contributed by atoms with E-state index in [1.807, 2.05) is 0 Å². The van der Waals surface area contributed by atoms with Crippen LogP contribution in [-0.2, 0) is 6.42 Å². The number of nitrogens with one attached hydrogen (secondary N) is 1. The predicted molar refractivity (Wildman–Crippen MR) is 65.0 cm³/mol. The molecule has 0 aliphatic rings. The first-order valence-corrected chi connectivity index (χ1v) is 6.51. The van der Waals surface area contributed by atoms with Crippen LogP contribution < -0.4 is 5.32 Å². The van der Waals surface area contributed by atoms with Crippen molar-refractivity contribution in [1.82, 2.24) is 5.32 Å². The van der Waals surface area contributed by atoms with E-state index < -0.39 is 0 Å². The van der Waals surface area contributed by atoms with Gasteiger partial charge in [-0.1, -0.05) is 13.3 Å². The van der Waals surface area contributed by atoms with Gasteiger partial charge in [-0.05, 0) is 55.1 Å². The molecule has 0 aromatic carbocycles. The van der Waals surface area contributed by atoms with Crippen LogP contribution in [0.5, 0.6) is 0 Å². The summed E-state index contributed by atoms with van der Waals surface area (Å²) in [7, 11) is 0. The molecule has 1 atom stereocenters. The minimum absolute atomic E-state index is 0.683. The Labute approximate surface area is 91.5 Å². The summed E-state index contributed by atoms with van der Waals surface area (Å²) >= 11 is 1.80. The summed E-state index contributed by atoms with van der Waals surface area (Å²) in [6, 6.07) is 2.92. The molecule has 0 aliphatic heterocycles. The van der Waals surface area contributed by atoms with Crippen molar-refractivity contribution < 1.29 is 0 Å². The van der Waals surface area contributed by atoms with Crippen LogP contribution in [0.15, 0.2) is 16.8 Å². The van der Waals surface area contributed by atoms with Gasteiger partial charge in [0.2, 0.25) is 0 Å². The molecule has 80 valence electrons. The number of rotatable bonds is 7. The van der Waals surface area contributed by atoms with Gasteiger partial charge in [-0.3, -0.25) is 0 Å². The van der Waals surface area contributed by atoms with E-state index in [2.05, 4.69) is 36.0 Å². The van der Waals surface area contributed by atoms with Gasteiger partial charge in [0.15, 0.2) is 0 Å². The van der Waals surface area contributed by atoms with Gasteiger partial charge >= 0.3 is 0 Å². The third-order valence-electron chi connectivity index (χ3n) is 2.49. The number of hydrogen-bond donors (Lipinski definition) is 1. The summed E-state index contributed by atoms with van der Waals surface area (Å²) in [5.74, 6) is 0. The van der Waals surface area contributed by atoms with E-state index in [4.69, 9.17) is 0 Å². The number of thiophene rings is 1. The molecule has 0 radical (unpaired) electrons. The van der Waals surface area contributed by atoms with E-state index in [1.54, 1.807) is 11.3 Å². The molecule has 0 bridgehead atoms. The minimum Gasteiger partial charge on any atom is -0.315 e. The molecule has 14 heavy (non-hydrogen) atoms. The third kappa shape index (κ3) is 4.77. The maximum atomic E-state index is 3.44. The molecule has 1 rings (SSSR count). The highest BCUT2D eigenvalue weighted by Gasteiger charge is 1.99. The Bertz CT molecular complexity index is 218. The minimum atomic E-state index is 0.683. The Balaban J connectivity index is 1.99. The Morgan fingerprint density at radius 1 is 1.43 bits per heavy atom. The molecule has 1 N–H and O–H groups in total. The van der Waals surface area contributed by atoms with E-state index in [1.165, 1.54) is 31.2 Å². The van der Waals surface area contributed by atoms with Gasteiger partial charge in [0.1, 0.15) is 0 Å². The summed E-state index contributed by atoms with van der Waals surface area (Å²) in [5.41, 5.74) is 1.51. The molecule has 0 saturated carbocycles. The maximum absolute atomic E-state index is 3.44. The van der Waals surface area contributed by atoms with Crippen molar-refractivity contribution in [3.05, 3.63) is 22.4 Å². The third-order valence-corrected chi connectivity index (χ3v) is 3.22. The predicted octanol–water partition coefficient (Wildman–Crippen LogP) is 3.46. The van der Waals surface area contributed by atoms with Crippen LogP contribution in [-0.4, -0.2) is 12.6 Å². The summed E-state index contributed by atoms with van der Waals surface area (Å²) in [6.45, 7) is 5.53. The molecule has 1 heterocycles. The van der Waals surface area contributed by atoms with Gasteiger partial charge in [0.05, 0.1) is 0 Å². The second-order valence-corrected chi connectivity index (χ2v) is 4.62. The number of hydrogen-bond acceptors (Lipinski definition) is 2. The quantitative estimate of drug-likeness (QED) is 0.681. The van der Waals surface area contributed by atoms with Crippen LogP contribution in [0, 0.1) is 0 Å². The highest BCUT2D eigenvalue weighted by molar-refractivity contribution is 7.07. The first kappa shape index (κ1) is 11.7. The molecule has 0 spiro atoms. The van der Waals surface area contributed by atoms with E-state index in [9.17, 15) is 0 Å². The topological polar surface area (TPSA) is 12.0 Å². The average molecular weight is 211 g/mol. The smallest absolute Gasteiger partial charge is 0.00386 e. The zero-order chi connectivity index (χ0) is 10.2. The van der Waals surface area contributed by atoms with Crippen LogP contribution in [0.4, 0.5) is 0 Å². The molecule has 0 aliphatic carbocycles. The molecule has 1 aromatic rings. The van der Waals surface area contributed by atoms with E-state index >= 15 is 0 Å². The molecule has 0 amide bonds. The van der Waals surface area contributed by atoms with Crippen LogP contribution in [0.3, 0.4) is 0 Å². The highest BCUT2D eigenvalue weighted by atomic mass is 32.1. The van der Waals surface area contributed by atoms with Crippen molar-refractivity contribution in [1.29, 1.82) is 0 Å². The van der Waals surface area contributed by atoms with Gasteiger partial charge in [-0.15, -0.1) is 0 Å². The van der Waals surface area contributed by atoms with Crippen LogP contribution in [0.25, 0.3) is 0 Å². The fourth-order valence-electron chi connectivity index (χ4n) is 1.67. The van der Waals surface area contributed by atoms with Crippen molar-refractivity contribution in [2.24, 2.45) is 0 Å². The first-order chi connectivity index (χ1) is 6.83. The first-order valence-electron chi connectivity index (χ1n) is 5.57. The zero-order valence-corrected chi connectivity index (χ0v) is 10.1. The van der Waals surface area contributed by atoms with Crippen molar-refractivity contribution in [3.8, 4) is 0 Å². The van der Waals surface area contributed by atoms with Gasteiger partial charge < -0.3 is 5.32 Å². The summed E-state index contributed by atoms with van der Waals surface area (Å²) in [6.07, 6.45) is 5.22. The van der Waals surface area contributed by atoms with Crippen LogP contribution in [0.2, 0.25) is 0 Å². The van der Waals surface area contributed by atoms with Gasteiger partial charge in [-0.25, -0.2) is 0 Å². The van der Waals surface area contributed by atoms with Crippen molar-refractivity contribution in [3.63, 3.8) is 0 Å². The van der Waals surface area contributed by atoms with Gasteiger partial charge in [-0.2, -0.15) is 11.3 Å². The summed E-state index contributed by atoms with van der Waals surface area (Å²) < 4.78 is 0. The molecule has 1 unspecified atom stereocenters. The fraction of sp³-hybridized carbons (Fsp3) is 0.667. The Morgan fingerprint density at radius 2 is 2.29 bits per heavy atom. The summed E-state index contributed by atoms with van der Waals surface area (Å²) in [5, 5.41) is 7.86. The lowest BCUT2D eigenvalue weighted by Gasteiger charge is -2.11. The molecule has 0 fully saturated rings. The molecule has 2 heteroatoms. The lowest BCUT2D eigenvalue weighted by Crippen LogP contribution is -2.25. The van der Waals surface area contributed by atoms with E-state index in [0.29, 0.717) is 6.04 Å². The molecule has 1 nitrogen and oxygen atoms in total. The normalized spacial score (nSPS) is 13.0. The van der Waals surface area contributed by atoms with Gasteiger partial charge in [0, 0.05) is 6.04 Å². The summed E-state index contributed by atoms with van der Waals surface area (Å²) in [4.78, 5) is 0. The standard InChI is InChI=1S/C12H21NS/c1-3-13-11(2)6-4-5-7-12-8-9-14-10-12/h8-11,13H,3-7H2,1-2H3. The van der Waals surface area contributed by atoms with Gasteiger partial charge in [0.25, 0.3) is 0 Å². The number of unbranched alkanes of at least 4 members (excludes halogenated alkanes) is 1. The Morgan fingerprint density at radius 3 is 2.93 bits per heavy atom. The number of aryl methyl sites for hydroxylation is 1. The Kier molecular flexibility index (Phi) is 5.88. The van der Waals surface area contributed by atoms with Crippen molar-refractivity contribution in [2.45, 2.75) is 45.6 Å². The molecular weight excluding hydrogens is 190 g/mol. The van der Waals surface area contributed by atoms with Crippen LogP contribution >= 0.6 is 11.3 Å². The van der Waals surface area contributed by atoms with E-state index in [0.717, 1.165) is 6.54 Å². The zero-order valence-electron chi connectivity index (χ0n) is 9.25. The highest BCUT2D eigenvalue weighted by Crippen LogP contribution is 2.11. The SMILES string of the molecule is CCNC(C)CCCCc1ccsc1. The maximum Gasteiger partial charge on any atom is 0.00386 e. The second-order valence-electron chi connectivity index (χ2n) is 3.84. The Hall–Kier alpha value is -0.340. The fourth-order valence-corrected chi connectivity index (χ4v) is 2.37.